The number of carbonyl (C=O) groups is 2. The molecule has 4 aromatic rings. The van der Waals surface area contributed by atoms with Crippen molar-refractivity contribution in [2.24, 2.45) is 0 Å². The van der Waals surface area contributed by atoms with Crippen molar-refractivity contribution in [3.05, 3.63) is 77.6 Å². The fourth-order valence-electron chi connectivity index (χ4n) is 2.94. The molecular formula is C22H20N4O3S. The van der Waals surface area contributed by atoms with E-state index in [0.717, 1.165) is 10.7 Å². The van der Waals surface area contributed by atoms with Gasteiger partial charge in [0.15, 0.2) is 4.96 Å². The van der Waals surface area contributed by atoms with Crippen LogP contribution < -0.4 is 15.4 Å². The number of hydrogen-bond donors (Lipinski definition) is 2. The third-order valence-corrected chi connectivity index (χ3v) is 5.11. The molecule has 0 aliphatic rings. The van der Waals surface area contributed by atoms with Gasteiger partial charge in [0, 0.05) is 34.7 Å². The first-order chi connectivity index (χ1) is 14.6. The summed E-state index contributed by atoms with van der Waals surface area (Å²) in [4.78, 5) is 30.0. The van der Waals surface area contributed by atoms with Gasteiger partial charge in [-0.25, -0.2) is 4.98 Å². The molecule has 0 saturated carbocycles. The van der Waals surface area contributed by atoms with Gasteiger partial charge in [-0.2, -0.15) is 0 Å². The summed E-state index contributed by atoms with van der Waals surface area (Å²) in [6.07, 6.45) is 3.94. The number of ether oxygens (including phenoxy) is 1. The van der Waals surface area contributed by atoms with E-state index in [1.807, 2.05) is 41.2 Å². The summed E-state index contributed by atoms with van der Waals surface area (Å²) in [6, 6.07) is 13.9. The van der Waals surface area contributed by atoms with Gasteiger partial charge in [-0.3, -0.25) is 14.0 Å². The van der Waals surface area contributed by atoms with E-state index in [2.05, 4.69) is 15.6 Å². The molecule has 2 aromatic heterocycles. The maximum Gasteiger partial charge on any atom is 0.255 e. The molecule has 0 bridgehead atoms. The Hall–Kier alpha value is -3.65. The van der Waals surface area contributed by atoms with Gasteiger partial charge >= 0.3 is 0 Å². The van der Waals surface area contributed by atoms with Gasteiger partial charge in [-0.1, -0.05) is 0 Å². The van der Waals surface area contributed by atoms with E-state index < -0.39 is 0 Å². The van der Waals surface area contributed by atoms with E-state index in [0.29, 0.717) is 29.2 Å². The topological polar surface area (TPSA) is 84.7 Å². The van der Waals surface area contributed by atoms with Crippen molar-refractivity contribution in [1.82, 2.24) is 9.38 Å². The van der Waals surface area contributed by atoms with Gasteiger partial charge in [-0.05, 0) is 55.5 Å². The summed E-state index contributed by atoms with van der Waals surface area (Å²) in [5, 5.41) is 7.61. The smallest absolute Gasteiger partial charge is 0.255 e. The van der Waals surface area contributed by atoms with Gasteiger partial charge in [0.05, 0.1) is 18.7 Å². The highest BCUT2D eigenvalue weighted by atomic mass is 32.1. The van der Waals surface area contributed by atoms with Crippen LogP contribution in [0.4, 0.5) is 11.4 Å². The van der Waals surface area contributed by atoms with Crippen LogP contribution in [0.5, 0.6) is 5.75 Å². The van der Waals surface area contributed by atoms with Crippen LogP contribution in [0.25, 0.3) is 4.96 Å². The van der Waals surface area contributed by atoms with Crippen molar-refractivity contribution in [1.29, 1.82) is 0 Å². The Morgan fingerprint density at radius 2 is 1.73 bits per heavy atom. The van der Waals surface area contributed by atoms with E-state index in [-0.39, 0.29) is 18.2 Å². The first kappa shape index (κ1) is 19.7. The zero-order valence-electron chi connectivity index (χ0n) is 16.3. The lowest BCUT2D eigenvalue weighted by Gasteiger charge is -2.08. The van der Waals surface area contributed by atoms with E-state index in [4.69, 9.17) is 4.74 Å². The molecule has 152 valence electrons. The molecule has 2 heterocycles. The minimum Gasteiger partial charge on any atom is -0.494 e. The number of nitrogens with zero attached hydrogens (tertiary/aromatic N) is 2. The second-order valence-corrected chi connectivity index (χ2v) is 7.41. The summed E-state index contributed by atoms with van der Waals surface area (Å²) in [7, 11) is 0. The van der Waals surface area contributed by atoms with Crippen LogP contribution in [-0.2, 0) is 11.2 Å². The fraction of sp³-hybridized carbons (Fsp3) is 0.136. The van der Waals surface area contributed by atoms with Crippen molar-refractivity contribution in [2.75, 3.05) is 17.2 Å². The number of anilines is 2. The quantitative estimate of drug-likeness (QED) is 0.469. The number of rotatable bonds is 7. The van der Waals surface area contributed by atoms with Crippen LogP contribution in [-0.4, -0.2) is 27.8 Å². The molecule has 0 spiro atoms. The van der Waals surface area contributed by atoms with E-state index >= 15 is 0 Å². The monoisotopic (exact) mass is 420 g/mol. The van der Waals surface area contributed by atoms with Crippen LogP contribution in [0.3, 0.4) is 0 Å². The Bertz CT molecular complexity index is 1130. The Morgan fingerprint density at radius 3 is 2.43 bits per heavy atom. The molecule has 2 aromatic carbocycles. The van der Waals surface area contributed by atoms with Gasteiger partial charge in [-0.15, -0.1) is 11.3 Å². The molecule has 0 unspecified atom stereocenters. The fourth-order valence-corrected chi connectivity index (χ4v) is 3.66. The number of nitrogens with one attached hydrogen (secondary N) is 2. The van der Waals surface area contributed by atoms with Crippen molar-refractivity contribution in [3.8, 4) is 5.75 Å². The number of thiazole rings is 1. The summed E-state index contributed by atoms with van der Waals surface area (Å²) in [6.45, 7) is 2.51. The lowest BCUT2D eigenvalue weighted by atomic mass is 10.2. The largest absolute Gasteiger partial charge is 0.494 e. The second-order valence-electron chi connectivity index (χ2n) is 6.54. The highest BCUT2D eigenvalue weighted by molar-refractivity contribution is 7.15. The number of aromatic nitrogens is 2. The van der Waals surface area contributed by atoms with Crippen LogP contribution in [0.2, 0.25) is 0 Å². The first-order valence-corrected chi connectivity index (χ1v) is 10.3. The molecular weight excluding hydrogens is 400 g/mol. The predicted molar refractivity (Wildman–Crippen MR) is 117 cm³/mol. The summed E-state index contributed by atoms with van der Waals surface area (Å²) >= 11 is 1.52. The molecule has 0 aliphatic carbocycles. The normalized spacial score (nSPS) is 10.7. The lowest BCUT2D eigenvalue weighted by Crippen LogP contribution is -2.15. The number of benzene rings is 2. The molecule has 0 fully saturated rings. The maximum atomic E-state index is 12.4. The van der Waals surface area contributed by atoms with Crippen LogP contribution in [0, 0.1) is 0 Å². The number of amides is 2. The third kappa shape index (κ3) is 4.66. The maximum absolute atomic E-state index is 12.4. The third-order valence-electron chi connectivity index (χ3n) is 4.34. The molecule has 4 rings (SSSR count). The highest BCUT2D eigenvalue weighted by Crippen LogP contribution is 2.18. The molecule has 2 N–H and O–H groups in total. The zero-order valence-corrected chi connectivity index (χ0v) is 17.1. The number of hydrogen-bond acceptors (Lipinski definition) is 5. The van der Waals surface area contributed by atoms with Crippen molar-refractivity contribution in [2.45, 2.75) is 13.3 Å². The SMILES string of the molecule is CCOc1ccc(NC(=O)c2ccc(NC(=O)Cc3cn4ccsc4n3)cc2)cc1. The molecule has 0 atom stereocenters. The minimum absolute atomic E-state index is 0.160. The summed E-state index contributed by atoms with van der Waals surface area (Å²) < 4.78 is 7.29. The van der Waals surface area contributed by atoms with E-state index in [1.54, 1.807) is 36.4 Å². The van der Waals surface area contributed by atoms with E-state index in [1.165, 1.54) is 11.3 Å². The Labute approximate surface area is 177 Å². The molecule has 0 radical (unpaired) electrons. The Balaban J connectivity index is 1.33. The zero-order chi connectivity index (χ0) is 20.9. The van der Waals surface area contributed by atoms with Crippen molar-refractivity contribution >= 4 is 39.5 Å². The number of imidazole rings is 1. The lowest BCUT2D eigenvalue weighted by molar-refractivity contribution is -0.115. The first-order valence-electron chi connectivity index (χ1n) is 9.46. The van der Waals surface area contributed by atoms with Crippen molar-refractivity contribution < 1.29 is 14.3 Å². The second kappa shape index (κ2) is 8.79. The van der Waals surface area contributed by atoms with Gasteiger partial charge in [0.2, 0.25) is 5.91 Å². The van der Waals surface area contributed by atoms with Crippen LogP contribution in [0.15, 0.2) is 66.3 Å². The van der Waals surface area contributed by atoms with Crippen LogP contribution >= 0.6 is 11.3 Å². The van der Waals surface area contributed by atoms with Crippen LogP contribution in [0.1, 0.15) is 23.0 Å². The average molecular weight is 420 g/mol. The van der Waals surface area contributed by atoms with Crippen molar-refractivity contribution in [3.63, 3.8) is 0 Å². The average Bonchev–Trinajstić information content (AvgIpc) is 3.32. The van der Waals surface area contributed by atoms with Gasteiger partial charge < -0.3 is 15.4 Å². The molecule has 0 aliphatic heterocycles. The van der Waals surface area contributed by atoms with Gasteiger partial charge in [0.1, 0.15) is 5.75 Å². The number of carbonyl (C=O) groups excluding carboxylic acids is 2. The standard InChI is InChI=1S/C22H20N4O3S/c1-2-29-19-9-7-17(8-10-19)24-21(28)15-3-5-16(6-4-15)23-20(27)13-18-14-26-11-12-30-22(26)25-18/h3-12,14H,2,13H2,1H3,(H,23,27)(H,24,28). The molecule has 8 heteroatoms. The molecule has 0 saturated heterocycles. The Kier molecular flexibility index (Phi) is 5.76. The Morgan fingerprint density at radius 1 is 1.03 bits per heavy atom. The number of fused-ring (bicyclic) bond motifs is 1. The van der Waals surface area contributed by atoms with Gasteiger partial charge in [0.25, 0.3) is 5.91 Å². The molecule has 30 heavy (non-hydrogen) atoms. The summed E-state index contributed by atoms with van der Waals surface area (Å²) in [5.74, 6) is 0.369. The molecule has 2 amide bonds. The van der Waals surface area contributed by atoms with E-state index in [9.17, 15) is 9.59 Å². The highest BCUT2D eigenvalue weighted by Gasteiger charge is 2.10. The predicted octanol–water partition coefficient (Wildman–Crippen LogP) is 4.23. The minimum atomic E-state index is -0.227. The summed E-state index contributed by atoms with van der Waals surface area (Å²) in [5.41, 5.74) is 2.52. The molecule has 7 nitrogen and oxygen atoms in total.